The summed E-state index contributed by atoms with van der Waals surface area (Å²) >= 11 is 0. The van der Waals surface area contributed by atoms with Gasteiger partial charge in [0.2, 0.25) is 0 Å². The molecule has 1 heterocycles. The lowest BCUT2D eigenvalue weighted by molar-refractivity contribution is 0.102. The molecule has 1 aromatic heterocycles. The van der Waals surface area contributed by atoms with Crippen LogP contribution in [0.15, 0.2) is 60.7 Å². The Morgan fingerprint density at radius 2 is 1.65 bits per heavy atom. The van der Waals surface area contributed by atoms with Crippen LogP contribution < -0.4 is 15.7 Å². The van der Waals surface area contributed by atoms with Gasteiger partial charge in [-0.05, 0) is 37.0 Å². The highest BCUT2D eigenvalue weighted by Crippen LogP contribution is 2.33. The fourth-order valence-corrected chi connectivity index (χ4v) is 4.07. The van der Waals surface area contributed by atoms with E-state index in [1.165, 1.54) is 5.56 Å². The minimum Gasteiger partial charge on any atom is -0.370 e. The molecule has 4 rings (SSSR count). The lowest BCUT2D eigenvalue weighted by atomic mass is 9.87. The molecule has 0 atom stereocenters. The molecule has 0 fully saturated rings. The van der Waals surface area contributed by atoms with E-state index in [1.54, 1.807) is 24.3 Å². The molecule has 1 amide bonds. The van der Waals surface area contributed by atoms with Crippen molar-refractivity contribution < 1.29 is 4.79 Å². The first kappa shape index (κ1) is 23.6. The van der Waals surface area contributed by atoms with Gasteiger partial charge in [0, 0.05) is 24.2 Å². The van der Waals surface area contributed by atoms with E-state index >= 15 is 0 Å². The number of H-pyrrole nitrogens is 1. The number of carbonyl (C=O) groups excluding carboxylic acids is 1. The molecule has 5 nitrogen and oxygen atoms in total. The molecule has 4 aromatic rings. The van der Waals surface area contributed by atoms with Gasteiger partial charge < -0.3 is 15.2 Å². The van der Waals surface area contributed by atoms with Gasteiger partial charge in [0.05, 0.1) is 22.4 Å². The van der Waals surface area contributed by atoms with E-state index in [1.807, 2.05) is 12.1 Å². The van der Waals surface area contributed by atoms with Crippen LogP contribution in [0.5, 0.6) is 0 Å². The maximum atomic E-state index is 13.0. The van der Waals surface area contributed by atoms with Gasteiger partial charge in [0.1, 0.15) is 13.7 Å². The summed E-state index contributed by atoms with van der Waals surface area (Å²) in [6.45, 7) is 12.5. The van der Waals surface area contributed by atoms with Gasteiger partial charge in [0.25, 0.3) is 5.91 Å². The number of amides is 1. The van der Waals surface area contributed by atoms with E-state index in [2.05, 4.69) is 74.1 Å². The largest absolute Gasteiger partial charge is 0.370 e. The zero-order valence-corrected chi connectivity index (χ0v) is 20.6. The highest BCUT2D eigenvalue weighted by atomic mass is 16.1. The first-order valence-electron chi connectivity index (χ1n) is 11.8. The normalized spacial score (nSPS) is 11.6. The Bertz CT molecular complexity index is 1300. The van der Waals surface area contributed by atoms with Crippen molar-refractivity contribution in [3.63, 3.8) is 0 Å². The number of hydrogen-bond donors (Lipinski definition) is 2. The third-order valence-corrected chi connectivity index (χ3v) is 6.15. The Hall–Kier alpha value is -3.54. The molecule has 6 heteroatoms. The van der Waals surface area contributed by atoms with E-state index in [0.717, 1.165) is 46.9 Å². The van der Waals surface area contributed by atoms with E-state index in [4.69, 9.17) is 12.8 Å². The summed E-state index contributed by atoms with van der Waals surface area (Å²) in [5.41, 5.74) is 7.03. The minimum atomic E-state index is -0.176. The van der Waals surface area contributed by atoms with Crippen molar-refractivity contribution in [2.75, 3.05) is 23.3 Å². The molecule has 0 aliphatic heterocycles. The zero-order chi connectivity index (χ0) is 24.5. The third kappa shape index (κ3) is 4.86. The average molecular weight is 450 g/mol. The number of hydrogen-bond acceptors (Lipinski definition) is 3. The maximum Gasteiger partial charge on any atom is 0.255 e. The predicted molar refractivity (Wildman–Crippen MR) is 144 cm³/mol. The van der Waals surface area contributed by atoms with Crippen LogP contribution in [0.25, 0.3) is 22.4 Å². The molecule has 172 valence electrons. The van der Waals surface area contributed by atoms with Crippen molar-refractivity contribution in [2.24, 2.45) is 0 Å². The summed E-state index contributed by atoms with van der Waals surface area (Å²) in [6.07, 6.45) is 0. The second-order valence-electron chi connectivity index (χ2n) is 9.55. The summed E-state index contributed by atoms with van der Waals surface area (Å²) < 4.78 is 0. The Kier molecular flexibility index (Phi) is 6.51. The Morgan fingerprint density at radius 1 is 1.00 bits per heavy atom. The summed E-state index contributed by atoms with van der Waals surface area (Å²) in [5.74, 6) is 0.633. The van der Waals surface area contributed by atoms with E-state index < -0.39 is 0 Å². The van der Waals surface area contributed by atoms with Gasteiger partial charge in [-0.2, -0.15) is 0 Å². The molecule has 2 radical (unpaired) electrons. The van der Waals surface area contributed by atoms with Gasteiger partial charge in [-0.1, -0.05) is 74.8 Å². The van der Waals surface area contributed by atoms with Crippen molar-refractivity contribution in [3.8, 4) is 11.4 Å². The zero-order valence-electron chi connectivity index (χ0n) is 20.6. The van der Waals surface area contributed by atoms with Crippen LogP contribution in [0.4, 0.5) is 11.4 Å². The first-order valence-corrected chi connectivity index (χ1v) is 11.8. The molecule has 0 bridgehead atoms. The molecule has 3 aromatic carbocycles. The van der Waals surface area contributed by atoms with Crippen LogP contribution in [0.3, 0.4) is 0 Å². The Labute approximate surface area is 203 Å². The lowest BCUT2D eigenvalue weighted by Gasteiger charge is -2.24. The first-order chi connectivity index (χ1) is 16.2. The minimum absolute atomic E-state index is 0.0999. The van der Waals surface area contributed by atoms with Crippen LogP contribution in [0.1, 0.15) is 50.5 Å². The van der Waals surface area contributed by atoms with E-state index in [-0.39, 0.29) is 11.3 Å². The predicted octanol–water partition coefficient (Wildman–Crippen LogP) is 5.42. The fourth-order valence-electron chi connectivity index (χ4n) is 4.07. The monoisotopic (exact) mass is 450 g/mol. The van der Waals surface area contributed by atoms with Gasteiger partial charge in [-0.3, -0.25) is 4.79 Å². The quantitative estimate of drug-likeness (QED) is 0.386. The maximum absolute atomic E-state index is 13.0. The number of imidazole rings is 1. The highest BCUT2D eigenvalue weighted by molar-refractivity contribution is 6.32. The summed E-state index contributed by atoms with van der Waals surface area (Å²) in [5, 5.41) is 3.09. The smallest absolute Gasteiger partial charge is 0.255 e. The SMILES string of the molecule is [B]c1ccc(C(=O)Nc2cc3[nH]c(-c4ccc(C(C)(C)C)cc4)nc3cc2N(CC)CC)cc1. The summed E-state index contributed by atoms with van der Waals surface area (Å²) in [6, 6.07) is 19.5. The van der Waals surface area contributed by atoms with Gasteiger partial charge in [-0.15, -0.1) is 0 Å². The van der Waals surface area contributed by atoms with Gasteiger partial charge in [0.15, 0.2) is 0 Å². The van der Waals surface area contributed by atoms with Crippen molar-refractivity contribution in [1.29, 1.82) is 0 Å². The van der Waals surface area contributed by atoms with Crippen molar-refractivity contribution in [3.05, 3.63) is 71.8 Å². The standard InChI is InChI=1S/C28H31BN4O/c1-6-33(7-2)25-17-23-22(16-24(25)32-27(34)19-10-14-21(29)15-11-19)30-26(31-23)18-8-12-20(13-9-18)28(3,4)5/h8-17H,6-7H2,1-5H3,(H,30,31)(H,32,34). The van der Waals surface area contributed by atoms with E-state index in [9.17, 15) is 4.79 Å². The number of nitrogens with one attached hydrogen (secondary N) is 2. The Morgan fingerprint density at radius 3 is 2.24 bits per heavy atom. The molecular formula is C28H31BN4O. The molecule has 0 unspecified atom stereocenters. The fraction of sp³-hybridized carbons (Fsp3) is 0.286. The number of rotatable bonds is 6. The number of nitrogens with zero attached hydrogens (tertiary/aromatic N) is 2. The number of aromatic nitrogens is 2. The van der Waals surface area contributed by atoms with Crippen LogP contribution in [-0.4, -0.2) is 36.8 Å². The summed E-state index contributed by atoms with van der Waals surface area (Å²) in [4.78, 5) is 23.5. The molecular weight excluding hydrogens is 419 g/mol. The second kappa shape index (κ2) is 9.37. The molecule has 2 N–H and O–H groups in total. The van der Waals surface area contributed by atoms with Crippen LogP contribution in [0.2, 0.25) is 0 Å². The highest BCUT2D eigenvalue weighted by Gasteiger charge is 2.17. The van der Waals surface area contributed by atoms with Crippen molar-refractivity contribution in [1.82, 2.24) is 9.97 Å². The van der Waals surface area contributed by atoms with Gasteiger partial charge in [-0.25, -0.2) is 4.98 Å². The average Bonchev–Trinajstić information content (AvgIpc) is 3.23. The number of aromatic amines is 1. The number of benzene rings is 3. The molecule has 0 spiro atoms. The molecule has 0 saturated carbocycles. The lowest BCUT2D eigenvalue weighted by Crippen LogP contribution is -2.24. The molecule has 0 aliphatic rings. The van der Waals surface area contributed by atoms with Crippen molar-refractivity contribution in [2.45, 2.75) is 40.0 Å². The summed E-state index contributed by atoms with van der Waals surface area (Å²) in [7, 11) is 5.77. The second-order valence-corrected chi connectivity index (χ2v) is 9.55. The number of carbonyl (C=O) groups is 1. The van der Waals surface area contributed by atoms with Crippen LogP contribution in [-0.2, 0) is 5.41 Å². The third-order valence-electron chi connectivity index (χ3n) is 6.15. The molecule has 34 heavy (non-hydrogen) atoms. The van der Waals surface area contributed by atoms with E-state index in [0.29, 0.717) is 11.0 Å². The van der Waals surface area contributed by atoms with Crippen LogP contribution >= 0.6 is 0 Å². The topological polar surface area (TPSA) is 61.0 Å². The number of anilines is 2. The van der Waals surface area contributed by atoms with Crippen molar-refractivity contribution >= 4 is 41.6 Å². The number of fused-ring (bicyclic) bond motifs is 1. The molecule has 0 aliphatic carbocycles. The Balaban J connectivity index is 1.73. The van der Waals surface area contributed by atoms with Crippen LogP contribution in [0, 0.1) is 0 Å². The van der Waals surface area contributed by atoms with Gasteiger partial charge >= 0.3 is 0 Å². The molecule has 0 saturated heterocycles.